The number of hydrogen-bond donors (Lipinski definition) is 2. The van der Waals surface area contributed by atoms with Crippen LogP contribution in [0.4, 0.5) is 5.82 Å². The Morgan fingerprint density at radius 3 is 2.34 bits per heavy atom. The predicted molar refractivity (Wildman–Crippen MR) is 119 cm³/mol. The minimum Gasteiger partial charge on any atom is -0.465 e. The summed E-state index contributed by atoms with van der Waals surface area (Å²) >= 11 is 5.92. The van der Waals surface area contributed by atoms with E-state index in [1.807, 2.05) is 6.92 Å². The minimum absolute atomic E-state index is 0.357. The van der Waals surface area contributed by atoms with Crippen LogP contribution in [0.5, 0.6) is 0 Å². The third-order valence-corrected chi connectivity index (χ3v) is 5.77. The number of ether oxygens (including phenoxy) is 1. The Kier molecular flexibility index (Phi) is 5.71. The summed E-state index contributed by atoms with van der Waals surface area (Å²) in [5, 5.41) is 10.7. The van der Waals surface area contributed by atoms with E-state index in [2.05, 4.69) is 15.7 Å². The first-order valence-electron chi connectivity index (χ1n) is 9.89. The molecule has 0 spiro atoms. The number of carbonyl (C=O) groups excluding carboxylic acids is 3. The lowest BCUT2D eigenvalue weighted by Crippen LogP contribution is -2.50. The molecule has 0 aliphatic carbocycles. The van der Waals surface area contributed by atoms with Gasteiger partial charge in [0.1, 0.15) is 11.9 Å². The Morgan fingerprint density at radius 1 is 1.09 bits per heavy atom. The first kappa shape index (κ1) is 21.6. The molecule has 2 amide bonds. The van der Waals surface area contributed by atoms with Crippen LogP contribution in [-0.4, -0.2) is 40.7 Å². The molecule has 2 aromatic carbocycles. The van der Waals surface area contributed by atoms with E-state index in [9.17, 15) is 14.4 Å². The van der Waals surface area contributed by atoms with Crippen molar-refractivity contribution in [2.75, 3.05) is 12.4 Å². The molecular weight excluding hydrogens is 432 g/mol. The molecule has 8 nitrogen and oxygen atoms in total. The number of aryl methyl sites for hydroxylation is 2. The number of benzene rings is 2. The fourth-order valence-corrected chi connectivity index (χ4v) is 4.11. The van der Waals surface area contributed by atoms with Crippen LogP contribution in [0.3, 0.4) is 0 Å². The average molecular weight is 453 g/mol. The molecule has 1 aliphatic rings. The fourth-order valence-electron chi connectivity index (χ4n) is 3.99. The summed E-state index contributed by atoms with van der Waals surface area (Å²) < 4.78 is 6.37. The lowest BCUT2D eigenvalue weighted by atomic mass is 9.81. The molecule has 0 fully saturated rings. The normalized spacial score (nSPS) is 17.3. The van der Waals surface area contributed by atoms with Gasteiger partial charge in [0.2, 0.25) is 5.91 Å². The molecule has 4 rings (SSSR count). The highest BCUT2D eigenvalue weighted by Gasteiger charge is 2.41. The van der Waals surface area contributed by atoms with Gasteiger partial charge in [0.25, 0.3) is 5.91 Å². The van der Waals surface area contributed by atoms with Crippen LogP contribution >= 0.6 is 11.6 Å². The molecule has 9 heteroatoms. The molecule has 32 heavy (non-hydrogen) atoms. The molecule has 0 radical (unpaired) electrons. The second-order valence-corrected chi connectivity index (χ2v) is 7.95. The summed E-state index contributed by atoms with van der Waals surface area (Å²) in [4.78, 5) is 37.8. The maximum absolute atomic E-state index is 13.1. The first-order chi connectivity index (χ1) is 15.3. The van der Waals surface area contributed by atoms with Gasteiger partial charge < -0.3 is 15.4 Å². The van der Waals surface area contributed by atoms with Crippen LogP contribution < -0.4 is 10.6 Å². The summed E-state index contributed by atoms with van der Waals surface area (Å²) in [6.07, 6.45) is 0. The summed E-state index contributed by atoms with van der Waals surface area (Å²) in [7, 11) is 3.06. The van der Waals surface area contributed by atoms with Gasteiger partial charge in [0.05, 0.1) is 18.4 Å². The molecule has 164 valence electrons. The van der Waals surface area contributed by atoms with Crippen molar-refractivity contribution in [1.29, 1.82) is 0 Å². The summed E-state index contributed by atoms with van der Waals surface area (Å²) in [5.41, 5.74) is 3.07. The summed E-state index contributed by atoms with van der Waals surface area (Å²) in [5.74, 6) is -1.14. The Bertz CT molecular complexity index is 1200. The van der Waals surface area contributed by atoms with E-state index in [1.165, 1.54) is 7.11 Å². The van der Waals surface area contributed by atoms with Crippen LogP contribution in [0.1, 0.15) is 43.5 Å². The van der Waals surface area contributed by atoms with Crippen molar-refractivity contribution in [1.82, 2.24) is 15.1 Å². The fraction of sp³-hybridized carbons (Fsp3) is 0.217. The van der Waals surface area contributed by atoms with Crippen molar-refractivity contribution in [3.63, 3.8) is 0 Å². The zero-order chi connectivity index (χ0) is 23.0. The quantitative estimate of drug-likeness (QED) is 0.592. The number of aromatic nitrogens is 2. The molecule has 3 aromatic rings. The Morgan fingerprint density at radius 2 is 1.72 bits per heavy atom. The zero-order valence-corrected chi connectivity index (χ0v) is 18.4. The van der Waals surface area contributed by atoms with E-state index in [0.717, 1.165) is 16.8 Å². The predicted octanol–water partition coefficient (Wildman–Crippen LogP) is 3.05. The molecule has 0 saturated carbocycles. The maximum Gasteiger partial charge on any atom is 0.337 e. The number of esters is 1. The Hall–Kier alpha value is -3.65. The highest BCUT2D eigenvalue weighted by atomic mass is 35.5. The molecule has 1 aliphatic heterocycles. The van der Waals surface area contributed by atoms with Gasteiger partial charge in [0.15, 0.2) is 0 Å². The summed E-state index contributed by atoms with van der Waals surface area (Å²) in [6.45, 7) is 1.85. The van der Waals surface area contributed by atoms with Gasteiger partial charge in [-0.3, -0.25) is 14.3 Å². The van der Waals surface area contributed by atoms with Crippen molar-refractivity contribution in [2.45, 2.75) is 18.9 Å². The van der Waals surface area contributed by atoms with Gasteiger partial charge in [0, 0.05) is 29.1 Å². The first-order valence-corrected chi connectivity index (χ1v) is 10.3. The molecule has 0 unspecified atom stereocenters. The van der Waals surface area contributed by atoms with Crippen molar-refractivity contribution in [2.24, 2.45) is 7.05 Å². The largest absolute Gasteiger partial charge is 0.465 e. The van der Waals surface area contributed by atoms with Gasteiger partial charge in [-0.25, -0.2) is 4.79 Å². The van der Waals surface area contributed by atoms with E-state index in [-0.39, 0.29) is 5.91 Å². The number of hydrogen-bond acceptors (Lipinski definition) is 5. The molecule has 2 N–H and O–H groups in total. The number of nitrogens with one attached hydrogen (secondary N) is 2. The van der Waals surface area contributed by atoms with Gasteiger partial charge in [-0.05, 0) is 48.9 Å². The van der Waals surface area contributed by atoms with Crippen molar-refractivity contribution < 1.29 is 19.1 Å². The second-order valence-electron chi connectivity index (χ2n) is 7.51. The third-order valence-electron chi connectivity index (χ3n) is 5.52. The molecule has 0 bridgehead atoms. The minimum atomic E-state index is -0.891. The third kappa shape index (κ3) is 3.85. The van der Waals surface area contributed by atoms with Crippen LogP contribution in [-0.2, 0) is 16.6 Å². The van der Waals surface area contributed by atoms with Crippen LogP contribution in [0.15, 0.2) is 48.5 Å². The number of rotatable bonds is 4. The number of fused-ring (bicyclic) bond motifs is 1. The smallest absolute Gasteiger partial charge is 0.337 e. The second kappa shape index (κ2) is 8.47. The van der Waals surface area contributed by atoms with Crippen molar-refractivity contribution in [3.8, 4) is 0 Å². The Balaban J connectivity index is 1.76. The molecule has 2 heterocycles. The topological polar surface area (TPSA) is 102 Å². The molecule has 1 aromatic heterocycles. The molecular formula is C23H21ClN4O4. The zero-order valence-electron chi connectivity index (χ0n) is 17.7. The number of methoxy groups -OCH3 is 1. The highest BCUT2D eigenvalue weighted by molar-refractivity contribution is 6.30. The molecule has 2 atom stereocenters. The summed E-state index contributed by atoms with van der Waals surface area (Å²) in [6, 6.07) is 12.3. The van der Waals surface area contributed by atoms with E-state index >= 15 is 0 Å². The number of halogens is 1. The lowest BCUT2D eigenvalue weighted by molar-refractivity contribution is -0.118. The number of anilines is 1. The van der Waals surface area contributed by atoms with Gasteiger partial charge in [-0.15, -0.1) is 0 Å². The van der Waals surface area contributed by atoms with E-state index < -0.39 is 23.8 Å². The number of carbonyl (C=O) groups is 3. The number of nitrogens with zero attached hydrogens (tertiary/aromatic N) is 2. The van der Waals surface area contributed by atoms with Crippen LogP contribution in [0, 0.1) is 6.92 Å². The Labute approximate surface area is 189 Å². The van der Waals surface area contributed by atoms with Crippen LogP contribution in [0.2, 0.25) is 5.02 Å². The van der Waals surface area contributed by atoms with Crippen LogP contribution in [0.25, 0.3) is 0 Å². The SMILES string of the molecule is COC(=O)c1ccc([C@@H]2c3c(C)nn(C)c3NC(=O)[C@H]2NC(=O)c2ccc(Cl)cc2)cc1. The van der Waals surface area contributed by atoms with Crippen molar-refractivity contribution in [3.05, 3.63) is 81.5 Å². The maximum atomic E-state index is 13.1. The van der Waals surface area contributed by atoms with Crippen molar-refractivity contribution >= 4 is 35.2 Å². The van der Waals surface area contributed by atoms with Gasteiger partial charge in [-0.1, -0.05) is 23.7 Å². The monoisotopic (exact) mass is 452 g/mol. The lowest BCUT2D eigenvalue weighted by Gasteiger charge is -2.32. The van der Waals surface area contributed by atoms with E-state index in [1.54, 1.807) is 60.3 Å². The highest BCUT2D eigenvalue weighted by Crippen LogP contribution is 2.39. The van der Waals surface area contributed by atoms with E-state index in [0.29, 0.717) is 22.0 Å². The average Bonchev–Trinajstić information content (AvgIpc) is 3.07. The van der Waals surface area contributed by atoms with Gasteiger partial charge in [-0.2, -0.15) is 5.10 Å². The van der Waals surface area contributed by atoms with E-state index in [4.69, 9.17) is 16.3 Å². The number of amides is 2. The van der Waals surface area contributed by atoms with Gasteiger partial charge >= 0.3 is 5.97 Å². The standard InChI is InChI=1S/C23H21ClN4O4/c1-12-17-18(13-4-6-15(7-5-13)23(31)32-3)19(22(30)26-20(17)28(2)27-12)25-21(29)14-8-10-16(24)11-9-14/h4-11,18-19H,1-3H3,(H,25,29)(H,26,30)/t18-,19+/m1/s1. The molecule has 0 saturated heterocycles.